The lowest BCUT2D eigenvalue weighted by atomic mass is 9.94. The highest BCUT2D eigenvalue weighted by Crippen LogP contribution is 2.72. The van der Waals surface area contributed by atoms with E-state index in [1.54, 1.807) is 60.7 Å². The molecule has 0 saturated heterocycles. The van der Waals surface area contributed by atoms with Crippen LogP contribution in [-0.2, 0) is 18.3 Å². The summed E-state index contributed by atoms with van der Waals surface area (Å²) in [6, 6.07) is 19.7. The van der Waals surface area contributed by atoms with Gasteiger partial charge in [0.2, 0.25) is 0 Å². The van der Waals surface area contributed by atoms with E-state index < -0.39 is 45.5 Å². The Morgan fingerprint density at radius 3 is 1.12 bits per heavy atom. The van der Waals surface area contributed by atoms with E-state index in [0.717, 1.165) is 0 Å². The smallest absolute Gasteiger partial charge is 0.439 e. The number of rotatable bonds is 7. The maximum atomic E-state index is 12.1. The minimum absolute atomic E-state index is 0.00396. The number of fused-ring (bicyclic) bond motifs is 2. The predicted octanol–water partition coefficient (Wildman–Crippen LogP) is 3.95. The average Bonchev–Trinajstić information content (AvgIpc) is 2.78. The summed E-state index contributed by atoms with van der Waals surface area (Å²) in [5, 5.41) is 2.26. The number of hydrogen-bond acceptors (Lipinski definition) is 8. The summed E-state index contributed by atoms with van der Waals surface area (Å²) in [6.45, 7) is 0. The van der Waals surface area contributed by atoms with Crippen LogP contribution in [0.4, 0.5) is 0 Å². The molecule has 0 aromatic heterocycles. The van der Waals surface area contributed by atoms with E-state index >= 15 is 0 Å². The lowest BCUT2D eigenvalue weighted by Gasteiger charge is -2.17. The molecular formula is C20H12O8P6. The molecule has 0 amide bonds. The molecule has 8 nitrogen and oxygen atoms in total. The van der Waals surface area contributed by atoms with E-state index in [4.69, 9.17) is 0 Å². The van der Waals surface area contributed by atoms with Crippen LogP contribution < -0.4 is 30.2 Å². The van der Waals surface area contributed by atoms with Crippen LogP contribution in [0.1, 0.15) is 0 Å². The van der Waals surface area contributed by atoms with Crippen molar-refractivity contribution in [2.24, 2.45) is 0 Å². The fourth-order valence-electron chi connectivity index (χ4n) is 3.85. The molecule has 4 aromatic carbocycles. The Labute approximate surface area is 199 Å². The Hall–Kier alpha value is -1.50. The van der Waals surface area contributed by atoms with E-state index in [0.29, 0.717) is 21.5 Å². The molecule has 170 valence electrons. The highest BCUT2D eigenvalue weighted by Gasteiger charge is 2.47. The van der Waals surface area contributed by atoms with Gasteiger partial charge in [0, 0.05) is 11.1 Å². The molecule has 0 bridgehead atoms. The van der Waals surface area contributed by atoms with Gasteiger partial charge in [-0.2, -0.15) is 0 Å². The van der Waals surface area contributed by atoms with Crippen molar-refractivity contribution in [3.05, 3.63) is 72.8 Å². The Morgan fingerprint density at radius 1 is 0.471 bits per heavy atom. The van der Waals surface area contributed by atoms with Crippen molar-refractivity contribution >= 4 is 77.6 Å². The summed E-state index contributed by atoms with van der Waals surface area (Å²) < 4.78 is 48.2. The van der Waals surface area contributed by atoms with Gasteiger partial charge >= 0.3 is 45.5 Å². The number of hydrogen-bond donors (Lipinski definition) is 0. The molecule has 34 heavy (non-hydrogen) atoms. The summed E-state index contributed by atoms with van der Waals surface area (Å²) in [6.07, 6.45) is 0. The van der Waals surface area contributed by atoms with E-state index in [1.165, 1.54) is 12.1 Å². The summed E-state index contributed by atoms with van der Waals surface area (Å²) >= 11 is 0. The maximum Gasteiger partial charge on any atom is 0.439 e. The molecule has 14 heteroatoms. The molecule has 0 saturated carbocycles. The van der Waals surface area contributed by atoms with Gasteiger partial charge in [0.05, 0.1) is 10.6 Å². The van der Waals surface area contributed by atoms with Gasteiger partial charge in [-0.1, -0.05) is 78.9 Å². The van der Waals surface area contributed by atoms with Crippen molar-refractivity contribution in [3.63, 3.8) is 0 Å². The molecule has 0 spiro atoms. The normalized spacial score (nSPS) is 15.1. The number of benzene rings is 4. The summed E-state index contributed by atoms with van der Waals surface area (Å²) in [7, 11) is -19.0. The first-order valence-electron chi connectivity index (χ1n) is 9.43. The zero-order valence-electron chi connectivity index (χ0n) is 16.9. The largest absolute Gasteiger partial charge is 0.590 e. The van der Waals surface area contributed by atoms with Gasteiger partial charge in [0.25, 0.3) is 0 Å². The van der Waals surface area contributed by atoms with Crippen LogP contribution in [0.15, 0.2) is 72.8 Å². The lowest BCUT2D eigenvalue weighted by molar-refractivity contribution is -0.162. The van der Waals surface area contributed by atoms with Crippen LogP contribution in [-0.4, -0.2) is 0 Å². The Morgan fingerprint density at radius 2 is 0.794 bits per heavy atom. The maximum absolute atomic E-state index is 12.1. The molecule has 4 aromatic rings. The molecule has 0 aliphatic heterocycles. The Balaban J connectivity index is 2.27. The standard InChI is InChI=1S/C20H12O8P6/c21-31(22)29(32(23)24)17-11-9-13-5-1-3-7-15(13)19(17)20-16-8-4-2-6-14(16)10-12-18(20)30(33(25)26)34(27)28/h1-12H. The zero-order valence-corrected chi connectivity index (χ0v) is 22.2. The summed E-state index contributed by atoms with van der Waals surface area (Å²) in [5.41, 5.74) is 0.409. The van der Waals surface area contributed by atoms with Crippen LogP contribution in [0.25, 0.3) is 32.7 Å². The van der Waals surface area contributed by atoms with E-state index in [2.05, 4.69) is 0 Å². The molecule has 0 fully saturated rings. The second kappa shape index (κ2) is 10.6. The summed E-state index contributed by atoms with van der Waals surface area (Å²) in [4.78, 5) is 48.2. The Kier molecular flexibility index (Phi) is 8.00. The second-order valence-corrected chi connectivity index (χ2v) is 21.5. The third-order valence-electron chi connectivity index (χ3n) is 5.11. The molecule has 4 rings (SSSR count). The van der Waals surface area contributed by atoms with Gasteiger partial charge in [0.1, 0.15) is 0 Å². The molecule has 0 radical (unpaired) electrons. The minimum atomic E-state index is -3.40. The van der Waals surface area contributed by atoms with Gasteiger partial charge < -0.3 is 19.6 Å². The first-order chi connectivity index (χ1) is 16.2. The van der Waals surface area contributed by atoms with Crippen LogP contribution >= 0.6 is 45.5 Å². The van der Waals surface area contributed by atoms with Gasteiger partial charge in [-0.15, -0.1) is 0 Å². The van der Waals surface area contributed by atoms with Crippen LogP contribution in [0.3, 0.4) is 0 Å². The van der Waals surface area contributed by atoms with E-state index in [-0.39, 0.29) is 21.7 Å². The highest BCUT2D eigenvalue weighted by atomic mass is 32.5. The minimum Gasteiger partial charge on any atom is -0.590 e. The quantitative estimate of drug-likeness (QED) is 0.304. The lowest BCUT2D eigenvalue weighted by Crippen LogP contribution is -2.14. The van der Waals surface area contributed by atoms with Crippen molar-refractivity contribution in [1.29, 1.82) is 0 Å². The highest BCUT2D eigenvalue weighted by molar-refractivity contribution is 8.55. The van der Waals surface area contributed by atoms with E-state index in [1.807, 2.05) is 0 Å². The van der Waals surface area contributed by atoms with Crippen molar-refractivity contribution < 1.29 is 37.8 Å². The molecule has 0 N–H and O–H groups in total. The van der Waals surface area contributed by atoms with Crippen LogP contribution in [0, 0.1) is 0 Å². The fourth-order valence-corrected chi connectivity index (χ4v) is 13.0. The molecule has 4 unspecified atom stereocenters. The third-order valence-corrected chi connectivity index (χ3v) is 19.5. The molecule has 0 aliphatic rings. The predicted molar refractivity (Wildman–Crippen MR) is 130 cm³/mol. The summed E-state index contributed by atoms with van der Waals surface area (Å²) in [5.74, 6) is 0. The van der Waals surface area contributed by atoms with Crippen LogP contribution in [0.2, 0.25) is 0 Å². The molecule has 4 atom stereocenters. The van der Waals surface area contributed by atoms with Crippen molar-refractivity contribution in [3.8, 4) is 11.1 Å². The first-order valence-corrected chi connectivity index (χ1v) is 19.6. The van der Waals surface area contributed by atoms with Crippen LogP contribution in [0.5, 0.6) is 0 Å². The monoisotopic (exact) mass is 566 g/mol. The van der Waals surface area contributed by atoms with E-state index in [9.17, 15) is 37.8 Å². The van der Waals surface area contributed by atoms with Gasteiger partial charge in [-0.3, -0.25) is 0 Å². The molecule has 0 aliphatic carbocycles. The third kappa shape index (κ3) is 4.78. The molecule has 0 heterocycles. The van der Waals surface area contributed by atoms with Gasteiger partial charge in [0.15, 0.2) is 0 Å². The average molecular weight is 566 g/mol. The SMILES string of the molecule is O=[P+]([O-])P(c1ccc2ccccc2c1-c1c(P([P+](=O)[O-])[P+](=O)[O-])ccc2ccccc12)[P+](=O)[O-]. The van der Waals surface area contributed by atoms with Gasteiger partial charge in [-0.05, 0) is 33.7 Å². The van der Waals surface area contributed by atoms with Gasteiger partial charge in [-0.25, -0.2) is 0 Å². The Bertz CT molecular complexity index is 1370. The van der Waals surface area contributed by atoms with Crippen molar-refractivity contribution in [2.45, 2.75) is 0 Å². The zero-order chi connectivity index (χ0) is 24.6. The first kappa shape index (κ1) is 25.6. The second-order valence-electron chi connectivity index (χ2n) is 6.89. The van der Waals surface area contributed by atoms with Crippen molar-refractivity contribution in [2.75, 3.05) is 0 Å². The topological polar surface area (TPSA) is 161 Å². The fraction of sp³-hybridized carbons (Fsp3) is 0. The van der Waals surface area contributed by atoms with Crippen molar-refractivity contribution in [1.82, 2.24) is 0 Å². The molecular weight excluding hydrogens is 554 g/mol.